The molecule has 462 valence electrons. The average molecular weight is 1120 g/mol. The number of carbonyl (C=O) groups excluding carboxylic acids is 3. The van der Waals surface area contributed by atoms with Crippen molar-refractivity contribution < 1.29 is 28.6 Å². The van der Waals surface area contributed by atoms with E-state index in [-0.39, 0.29) is 31.1 Å². The Hall–Kier alpha value is -3.41. The first-order chi connectivity index (χ1) is 39.5. The van der Waals surface area contributed by atoms with Crippen LogP contribution in [0.25, 0.3) is 0 Å². The van der Waals surface area contributed by atoms with Gasteiger partial charge in [0.2, 0.25) is 0 Å². The zero-order valence-corrected chi connectivity index (χ0v) is 53.1. The smallest absolute Gasteiger partial charge is 0.306 e. The van der Waals surface area contributed by atoms with Crippen molar-refractivity contribution in [2.75, 3.05) is 13.2 Å². The first kappa shape index (κ1) is 76.6. The average Bonchev–Trinajstić information content (AvgIpc) is 3.46. The molecule has 0 radical (unpaired) electrons. The van der Waals surface area contributed by atoms with Gasteiger partial charge in [0, 0.05) is 19.3 Å². The molecule has 0 bridgehead atoms. The molecule has 80 heavy (non-hydrogen) atoms. The highest BCUT2D eigenvalue weighted by molar-refractivity contribution is 5.71. The van der Waals surface area contributed by atoms with Crippen LogP contribution in [0.1, 0.15) is 348 Å². The first-order valence-corrected chi connectivity index (χ1v) is 34.6. The number of esters is 3. The second-order valence-corrected chi connectivity index (χ2v) is 23.1. The van der Waals surface area contributed by atoms with Crippen molar-refractivity contribution in [1.82, 2.24) is 0 Å². The predicted octanol–water partition coefficient (Wildman–Crippen LogP) is 23.8. The highest BCUT2D eigenvalue weighted by Crippen LogP contribution is 2.17. The Morgan fingerprint density at radius 1 is 0.263 bits per heavy atom. The van der Waals surface area contributed by atoms with E-state index >= 15 is 0 Å². The normalized spacial score (nSPS) is 12.6. The van der Waals surface area contributed by atoms with Crippen molar-refractivity contribution in [2.24, 2.45) is 0 Å². The summed E-state index contributed by atoms with van der Waals surface area (Å²) in [5.41, 5.74) is 0. The summed E-state index contributed by atoms with van der Waals surface area (Å²) >= 11 is 0. The van der Waals surface area contributed by atoms with Crippen molar-refractivity contribution in [1.29, 1.82) is 0 Å². The van der Waals surface area contributed by atoms with Crippen LogP contribution in [0.3, 0.4) is 0 Å². The summed E-state index contributed by atoms with van der Waals surface area (Å²) in [6.45, 7) is 6.53. The van der Waals surface area contributed by atoms with Crippen molar-refractivity contribution in [3.63, 3.8) is 0 Å². The van der Waals surface area contributed by atoms with Gasteiger partial charge in [-0.25, -0.2) is 0 Å². The summed E-state index contributed by atoms with van der Waals surface area (Å²) in [5, 5.41) is 0. The van der Waals surface area contributed by atoms with Crippen molar-refractivity contribution in [3.05, 3.63) is 85.1 Å². The standard InChI is InChI=1S/C74H130O6/c1-4-7-10-13-16-19-21-23-25-27-29-31-33-35-37-39-41-43-45-47-49-51-53-55-58-61-64-67-73(76)79-70-71(69-78-72(75)66-63-60-57-18-15-12-9-6-3)80-74(77)68-65-62-59-56-54-52-50-48-46-44-42-40-38-36-34-32-30-28-26-24-22-20-17-14-11-8-5-2/h7,10,16,19,22-25,28-31,34,36,71H,4-6,8-9,11-15,17-18,20-21,26-27,32-33,35,37-70H2,1-3H3/b10-7-,19-16-,24-22-,25-23-,30-28-,31-29-,36-34-. The molecule has 6 nitrogen and oxygen atoms in total. The van der Waals surface area contributed by atoms with Crippen LogP contribution in [0.4, 0.5) is 0 Å². The summed E-state index contributed by atoms with van der Waals surface area (Å²) in [7, 11) is 0. The number of rotatable bonds is 63. The van der Waals surface area contributed by atoms with Crippen molar-refractivity contribution in [2.45, 2.75) is 354 Å². The lowest BCUT2D eigenvalue weighted by atomic mass is 10.0. The van der Waals surface area contributed by atoms with Gasteiger partial charge in [-0.15, -0.1) is 0 Å². The number of ether oxygens (including phenoxy) is 3. The van der Waals surface area contributed by atoms with E-state index in [0.29, 0.717) is 19.3 Å². The van der Waals surface area contributed by atoms with E-state index in [9.17, 15) is 14.4 Å². The number of hydrogen-bond acceptors (Lipinski definition) is 6. The van der Waals surface area contributed by atoms with E-state index < -0.39 is 6.10 Å². The van der Waals surface area contributed by atoms with E-state index in [1.165, 1.54) is 212 Å². The van der Waals surface area contributed by atoms with E-state index in [2.05, 4.69) is 106 Å². The molecule has 0 aromatic carbocycles. The molecule has 0 spiro atoms. The van der Waals surface area contributed by atoms with Gasteiger partial charge in [0.15, 0.2) is 6.10 Å². The number of unbranched alkanes of at least 4 members (excludes halogenated alkanes) is 38. The molecule has 0 aliphatic heterocycles. The third kappa shape index (κ3) is 65.4. The first-order valence-electron chi connectivity index (χ1n) is 34.6. The monoisotopic (exact) mass is 1110 g/mol. The van der Waals surface area contributed by atoms with Crippen LogP contribution in [0.15, 0.2) is 85.1 Å². The van der Waals surface area contributed by atoms with Crippen molar-refractivity contribution >= 4 is 17.9 Å². The van der Waals surface area contributed by atoms with Crippen LogP contribution in [0.2, 0.25) is 0 Å². The Bertz CT molecular complexity index is 1520. The quantitative estimate of drug-likeness (QED) is 0.0261. The van der Waals surface area contributed by atoms with Crippen LogP contribution in [-0.2, 0) is 28.6 Å². The molecule has 1 atom stereocenters. The molecule has 0 amide bonds. The highest BCUT2D eigenvalue weighted by Gasteiger charge is 2.19. The molecule has 6 heteroatoms. The maximum atomic E-state index is 12.9. The van der Waals surface area contributed by atoms with Gasteiger partial charge in [-0.3, -0.25) is 14.4 Å². The summed E-state index contributed by atoms with van der Waals surface area (Å²) < 4.78 is 16.9. The second kappa shape index (κ2) is 68.1. The van der Waals surface area contributed by atoms with Gasteiger partial charge in [0.05, 0.1) is 0 Å². The largest absolute Gasteiger partial charge is 0.462 e. The number of allylic oxidation sites excluding steroid dienone is 14. The lowest BCUT2D eigenvalue weighted by Crippen LogP contribution is -2.30. The van der Waals surface area contributed by atoms with Gasteiger partial charge in [0.1, 0.15) is 13.2 Å². The molecule has 0 N–H and O–H groups in total. The Morgan fingerprint density at radius 2 is 0.487 bits per heavy atom. The number of hydrogen-bond donors (Lipinski definition) is 0. The van der Waals surface area contributed by atoms with Gasteiger partial charge in [0.25, 0.3) is 0 Å². The molecule has 0 aromatic rings. The molecule has 0 saturated heterocycles. The zero-order valence-electron chi connectivity index (χ0n) is 53.1. The minimum absolute atomic E-state index is 0.0734. The van der Waals surface area contributed by atoms with Gasteiger partial charge >= 0.3 is 17.9 Å². The molecule has 0 aliphatic rings. The minimum atomic E-state index is -0.775. The summed E-state index contributed by atoms with van der Waals surface area (Å²) in [5.74, 6) is -0.864. The summed E-state index contributed by atoms with van der Waals surface area (Å²) in [6, 6.07) is 0. The van der Waals surface area contributed by atoms with Crippen LogP contribution in [0, 0.1) is 0 Å². The summed E-state index contributed by atoms with van der Waals surface area (Å²) in [4.78, 5) is 38.2. The molecule has 0 fully saturated rings. The highest BCUT2D eigenvalue weighted by atomic mass is 16.6. The van der Waals surface area contributed by atoms with Gasteiger partial charge in [-0.1, -0.05) is 318 Å². The Morgan fingerprint density at radius 3 is 0.762 bits per heavy atom. The molecule has 1 unspecified atom stereocenters. The third-order valence-electron chi connectivity index (χ3n) is 15.1. The van der Waals surface area contributed by atoms with Gasteiger partial charge in [-0.2, -0.15) is 0 Å². The Kier molecular flexibility index (Phi) is 65.2. The molecule has 0 heterocycles. The predicted molar refractivity (Wildman–Crippen MR) is 348 cm³/mol. The fourth-order valence-electron chi connectivity index (χ4n) is 9.97. The maximum Gasteiger partial charge on any atom is 0.306 e. The SMILES string of the molecule is CC/C=C\C/C=C\C/C=C\C/C=C\CCCCCCCCCCCCCCCCC(=O)OCC(COC(=O)CCCCCCCCCC)OC(=O)CCCCCCCCCCCCCC/C=C\C/C=C\C/C=C\CCCCCCC. The molecule has 0 aliphatic carbocycles. The van der Waals surface area contributed by atoms with Crippen molar-refractivity contribution in [3.8, 4) is 0 Å². The van der Waals surface area contributed by atoms with Gasteiger partial charge < -0.3 is 14.2 Å². The minimum Gasteiger partial charge on any atom is -0.462 e. The van der Waals surface area contributed by atoms with Crippen LogP contribution < -0.4 is 0 Å². The molecular weight excluding hydrogens is 985 g/mol. The van der Waals surface area contributed by atoms with Crippen LogP contribution in [-0.4, -0.2) is 37.2 Å². The van der Waals surface area contributed by atoms with Gasteiger partial charge in [-0.05, 0) is 96.3 Å². The van der Waals surface area contributed by atoms with E-state index in [4.69, 9.17) is 14.2 Å². The van der Waals surface area contributed by atoms with Crippen LogP contribution >= 0.6 is 0 Å². The number of carbonyl (C=O) groups is 3. The van der Waals surface area contributed by atoms with E-state index in [0.717, 1.165) is 96.3 Å². The van der Waals surface area contributed by atoms with Crippen LogP contribution in [0.5, 0.6) is 0 Å². The second-order valence-electron chi connectivity index (χ2n) is 23.1. The maximum absolute atomic E-state index is 12.9. The Labute approximate surface area is 496 Å². The van der Waals surface area contributed by atoms with E-state index in [1.807, 2.05) is 0 Å². The fraction of sp³-hybridized carbons (Fsp3) is 0.770. The molecule has 0 aromatic heterocycles. The van der Waals surface area contributed by atoms with E-state index in [1.54, 1.807) is 0 Å². The zero-order chi connectivity index (χ0) is 57.8. The molecule has 0 rings (SSSR count). The molecular formula is C74H130O6. The fourth-order valence-corrected chi connectivity index (χ4v) is 9.97. The lowest BCUT2D eigenvalue weighted by Gasteiger charge is -2.18. The molecule has 0 saturated carbocycles. The lowest BCUT2D eigenvalue weighted by molar-refractivity contribution is -0.167. The third-order valence-corrected chi connectivity index (χ3v) is 15.1. The Balaban J connectivity index is 4.12. The summed E-state index contributed by atoms with van der Waals surface area (Å²) in [6.07, 6.45) is 90.5. The topological polar surface area (TPSA) is 78.9 Å².